The van der Waals surface area contributed by atoms with Crippen LogP contribution < -0.4 is 0 Å². The normalized spacial score (nSPS) is 11.9. The van der Waals surface area contributed by atoms with E-state index in [0.29, 0.717) is 0 Å². The predicted molar refractivity (Wildman–Crippen MR) is 213 cm³/mol. The molecule has 11 aromatic rings. The molecule has 0 aliphatic heterocycles. The Balaban J connectivity index is 1.18. The third-order valence-corrected chi connectivity index (χ3v) is 10.5. The molecule has 0 saturated heterocycles. The zero-order chi connectivity index (χ0) is 33.5. The van der Waals surface area contributed by atoms with Gasteiger partial charge in [0.25, 0.3) is 0 Å². The number of nitrogens with zero attached hydrogens (tertiary/aromatic N) is 2. The Morgan fingerprint density at radius 2 is 0.941 bits per heavy atom. The van der Waals surface area contributed by atoms with Gasteiger partial charge in [0.15, 0.2) is 0 Å². The van der Waals surface area contributed by atoms with Crippen molar-refractivity contribution in [2.75, 3.05) is 0 Å². The molecule has 0 unspecified atom stereocenters. The summed E-state index contributed by atoms with van der Waals surface area (Å²) >= 11 is 0. The third-order valence-electron chi connectivity index (χ3n) is 10.5. The summed E-state index contributed by atoms with van der Waals surface area (Å²) in [5.74, 6) is 0. The van der Waals surface area contributed by atoms with Gasteiger partial charge in [-0.2, -0.15) is 0 Å². The summed E-state index contributed by atoms with van der Waals surface area (Å²) in [5.41, 5.74) is 13.4. The molecule has 51 heavy (non-hydrogen) atoms. The van der Waals surface area contributed by atoms with Crippen molar-refractivity contribution in [1.29, 1.82) is 0 Å². The topological polar surface area (TPSA) is 23.0 Å². The van der Waals surface area contributed by atoms with E-state index in [9.17, 15) is 0 Å². The quantitative estimate of drug-likeness (QED) is 0.186. The SMILES string of the molecule is c1ccc(-c2ccc(-n3c4ccccc4c4ccc(-c5ccc6c(c5)c5ccccc5n6-c5ccccc5)cc43)c3c2oc2ccccc23)cc1. The fraction of sp³-hybridized carbons (Fsp3) is 0. The maximum atomic E-state index is 6.69. The molecule has 0 N–H and O–H groups in total. The van der Waals surface area contributed by atoms with E-state index in [1.807, 2.05) is 6.07 Å². The lowest BCUT2D eigenvalue weighted by Crippen LogP contribution is -1.96. The van der Waals surface area contributed by atoms with Gasteiger partial charge < -0.3 is 13.6 Å². The van der Waals surface area contributed by atoms with E-state index >= 15 is 0 Å². The summed E-state index contributed by atoms with van der Waals surface area (Å²) in [7, 11) is 0. The molecule has 11 rings (SSSR count). The van der Waals surface area contributed by atoms with Crippen molar-refractivity contribution in [3.8, 4) is 33.6 Å². The molecule has 0 aliphatic rings. The Morgan fingerprint density at radius 3 is 1.75 bits per heavy atom. The van der Waals surface area contributed by atoms with Crippen LogP contribution in [0.4, 0.5) is 0 Å². The number of fused-ring (bicyclic) bond motifs is 9. The average molecular weight is 651 g/mol. The molecule has 0 fully saturated rings. The van der Waals surface area contributed by atoms with Gasteiger partial charge in [0, 0.05) is 38.2 Å². The molecule has 3 heterocycles. The standard InChI is InChI=1S/C48H30N2O/c1-3-13-31(14-4-1)35-26-28-44(47-39-19-9-12-22-46(39)51-48(35)47)50-42-21-11-7-17-36(42)38-25-23-33(30-45(38)50)32-24-27-43-40(29-32)37-18-8-10-20-41(37)49(43)34-15-5-2-6-16-34/h1-30H. The van der Waals surface area contributed by atoms with Gasteiger partial charge in [-0.25, -0.2) is 0 Å². The van der Waals surface area contributed by atoms with Gasteiger partial charge in [-0.05, 0) is 77.4 Å². The van der Waals surface area contributed by atoms with E-state index in [-0.39, 0.29) is 0 Å². The van der Waals surface area contributed by atoms with Crippen LogP contribution in [-0.4, -0.2) is 9.13 Å². The smallest absolute Gasteiger partial charge is 0.145 e. The van der Waals surface area contributed by atoms with Crippen molar-refractivity contribution in [2.45, 2.75) is 0 Å². The Morgan fingerprint density at radius 1 is 0.353 bits per heavy atom. The lowest BCUT2D eigenvalue weighted by atomic mass is 10.00. The Kier molecular flexibility index (Phi) is 5.96. The first-order valence-electron chi connectivity index (χ1n) is 17.4. The number of aromatic nitrogens is 2. The van der Waals surface area contributed by atoms with E-state index in [4.69, 9.17) is 4.42 Å². The maximum absolute atomic E-state index is 6.69. The molecule has 0 radical (unpaired) electrons. The minimum atomic E-state index is 0.890. The maximum Gasteiger partial charge on any atom is 0.145 e. The van der Waals surface area contributed by atoms with Crippen LogP contribution in [-0.2, 0) is 0 Å². The number of rotatable bonds is 4. The van der Waals surface area contributed by atoms with Crippen LogP contribution >= 0.6 is 0 Å². The highest BCUT2D eigenvalue weighted by Gasteiger charge is 2.21. The zero-order valence-corrected chi connectivity index (χ0v) is 27.6. The molecule has 3 nitrogen and oxygen atoms in total. The first-order valence-corrected chi connectivity index (χ1v) is 17.4. The van der Waals surface area contributed by atoms with Gasteiger partial charge in [0.2, 0.25) is 0 Å². The molecule has 238 valence electrons. The Labute approximate surface area is 293 Å². The summed E-state index contributed by atoms with van der Waals surface area (Å²) in [6.45, 7) is 0. The molecule has 0 aliphatic carbocycles. The van der Waals surface area contributed by atoms with Crippen LogP contribution in [0.3, 0.4) is 0 Å². The van der Waals surface area contributed by atoms with Crippen LogP contribution in [0.25, 0.3) is 99.2 Å². The predicted octanol–water partition coefficient (Wildman–Crippen LogP) is 13.1. The highest BCUT2D eigenvalue weighted by Crippen LogP contribution is 2.43. The molecule has 0 spiro atoms. The number of furan rings is 1. The van der Waals surface area contributed by atoms with Crippen molar-refractivity contribution in [2.24, 2.45) is 0 Å². The van der Waals surface area contributed by atoms with E-state index in [2.05, 4.69) is 185 Å². The number of benzene rings is 8. The van der Waals surface area contributed by atoms with E-state index in [1.54, 1.807) is 0 Å². The van der Waals surface area contributed by atoms with E-state index in [1.165, 1.54) is 60.4 Å². The van der Waals surface area contributed by atoms with Crippen molar-refractivity contribution in [1.82, 2.24) is 9.13 Å². The van der Waals surface area contributed by atoms with Gasteiger partial charge in [-0.3, -0.25) is 0 Å². The molecule has 0 bridgehead atoms. The molecular formula is C48H30N2O. The minimum absolute atomic E-state index is 0.890. The monoisotopic (exact) mass is 650 g/mol. The third kappa shape index (κ3) is 4.12. The van der Waals surface area contributed by atoms with Crippen LogP contribution in [0.15, 0.2) is 186 Å². The molecular weight excluding hydrogens is 621 g/mol. The molecule has 0 saturated carbocycles. The highest BCUT2D eigenvalue weighted by atomic mass is 16.3. The van der Waals surface area contributed by atoms with Gasteiger partial charge in [0.1, 0.15) is 11.2 Å². The lowest BCUT2D eigenvalue weighted by Gasteiger charge is -2.13. The van der Waals surface area contributed by atoms with Crippen molar-refractivity contribution >= 4 is 65.6 Å². The highest BCUT2D eigenvalue weighted by molar-refractivity contribution is 6.17. The van der Waals surface area contributed by atoms with Gasteiger partial charge >= 0.3 is 0 Å². The van der Waals surface area contributed by atoms with Crippen LogP contribution in [0.2, 0.25) is 0 Å². The Hall–Kier alpha value is -6.84. The molecule has 3 aromatic heterocycles. The largest absolute Gasteiger partial charge is 0.455 e. The van der Waals surface area contributed by atoms with Crippen LogP contribution in [0, 0.1) is 0 Å². The average Bonchev–Trinajstić information content (AvgIpc) is 3.86. The first-order chi connectivity index (χ1) is 25.3. The Bertz CT molecular complexity index is 3130. The summed E-state index contributed by atoms with van der Waals surface area (Å²) in [6.07, 6.45) is 0. The van der Waals surface area contributed by atoms with Crippen LogP contribution in [0.1, 0.15) is 0 Å². The molecule has 0 atom stereocenters. The van der Waals surface area contributed by atoms with Gasteiger partial charge in [-0.15, -0.1) is 0 Å². The molecule has 3 heteroatoms. The fourth-order valence-corrected chi connectivity index (χ4v) is 8.26. The molecule has 0 amide bonds. The second-order valence-electron chi connectivity index (χ2n) is 13.3. The summed E-state index contributed by atoms with van der Waals surface area (Å²) in [4.78, 5) is 0. The number of hydrogen-bond donors (Lipinski definition) is 0. The second-order valence-corrected chi connectivity index (χ2v) is 13.3. The van der Waals surface area contributed by atoms with Crippen molar-refractivity contribution < 1.29 is 4.42 Å². The summed E-state index contributed by atoms with van der Waals surface area (Å²) in [6, 6.07) is 65.4. The minimum Gasteiger partial charge on any atom is -0.455 e. The second kappa shape index (κ2) is 10.8. The van der Waals surface area contributed by atoms with Gasteiger partial charge in [-0.1, -0.05) is 121 Å². The number of para-hydroxylation sites is 4. The number of hydrogen-bond acceptors (Lipinski definition) is 1. The van der Waals surface area contributed by atoms with Gasteiger partial charge in [0.05, 0.1) is 33.1 Å². The van der Waals surface area contributed by atoms with Crippen molar-refractivity contribution in [3.05, 3.63) is 182 Å². The van der Waals surface area contributed by atoms with E-state index in [0.717, 1.165) is 38.8 Å². The summed E-state index contributed by atoms with van der Waals surface area (Å²) in [5, 5.41) is 7.19. The molecule has 8 aromatic carbocycles. The summed E-state index contributed by atoms with van der Waals surface area (Å²) < 4.78 is 11.5. The first kappa shape index (κ1) is 28.0. The van der Waals surface area contributed by atoms with Crippen LogP contribution in [0.5, 0.6) is 0 Å². The fourth-order valence-electron chi connectivity index (χ4n) is 8.26. The lowest BCUT2D eigenvalue weighted by molar-refractivity contribution is 0.670. The van der Waals surface area contributed by atoms with Crippen molar-refractivity contribution in [3.63, 3.8) is 0 Å². The van der Waals surface area contributed by atoms with E-state index < -0.39 is 0 Å². The zero-order valence-electron chi connectivity index (χ0n) is 27.6.